The largest absolute Gasteiger partial charge is 0.329 e. The third kappa shape index (κ3) is 2.98. The van der Waals surface area contributed by atoms with E-state index in [0.29, 0.717) is 11.8 Å². The zero-order valence-electron chi connectivity index (χ0n) is 9.55. The van der Waals surface area contributed by atoms with E-state index in [2.05, 4.69) is 26.1 Å². The van der Waals surface area contributed by atoms with E-state index in [0.717, 1.165) is 32.5 Å². The summed E-state index contributed by atoms with van der Waals surface area (Å²) in [6, 6.07) is 0.0758. The maximum atomic E-state index is 11.8. The molecule has 0 bridgehead atoms. The van der Waals surface area contributed by atoms with Gasteiger partial charge in [-0.2, -0.15) is 0 Å². The lowest BCUT2D eigenvalue weighted by Crippen LogP contribution is -2.32. The van der Waals surface area contributed by atoms with Gasteiger partial charge in [-0.05, 0) is 18.8 Å². The standard InChI is InChI=1S/C11H22N2O/c1-4-5-6-13-8-12-10(11(13)14)7-9(2)3/h9-10,12H,4-8H2,1-3H3. The van der Waals surface area contributed by atoms with E-state index in [1.165, 1.54) is 0 Å². The first-order valence-corrected chi connectivity index (χ1v) is 5.67. The number of nitrogens with zero attached hydrogens (tertiary/aromatic N) is 1. The van der Waals surface area contributed by atoms with Crippen LogP contribution in [-0.2, 0) is 4.79 Å². The Kier molecular flexibility index (Phi) is 4.39. The minimum Gasteiger partial charge on any atom is -0.329 e. The van der Waals surface area contributed by atoms with Gasteiger partial charge in [0.05, 0.1) is 12.7 Å². The van der Waals surface area contributed by atoms with Gasteiger partial charge in [-0.1, -0.05) is 27.2 Å². The summed E-state index contributed by atoms with van der Waals surface area (Å²) in [5, 5.41) is 3.27. The monoisotopic (exact) mass is 198 g/mol. The fourth-order valence-electron chi connectivity index (χ4n) is 1.80. The Morgan fingerprint density at radius 1 is 1.57 bits per heavy atom. The van der Waals surface area contributed by atoms with Crippen LogP contribution in [0.1, 0.15) is 40.0 Å². The topological polar surface area (TPSA) is 32.3 Å². The van der Waals surface area contributed by atoms with Crippen molar-refractivity contribution >= 4 is 5.91 Å². The van der Waals surface area contributed by atoms with Crippen molar-refractivity contribution < 1.29 is 4.79 Å². The first kappa shape index (κ1) is 11.5. The third-order valence-corrected chi connectivity index (χ3v) is 2.63. The van der Waals surface area contributed by atoms with Crippen LogP contribution in [0.5, 0.6) is 0 Å². The van der Waals surface area contributed by atoms with Gasteiger partial charge < -0.3 is 4.90 Å². The van der Waals surface area contributed by atoms with E-state index in [1.807, 2.05) is 4.90 Å². The van der Waals surface area contributed by atoms with E-state index in [4.69, 9.17) is 0 Å². The van der Waals surface area contributed by atoms with E-state index >= 15 is 0 Å². The molecule has 0 aromatic carbocycles. The Morgan fingerprint density at radius 3 is 2.86 bits per heavy atom. The summed E-state index contributed by atoms with van der Waals surface area (Å²) < 4.78 is 0. The molecule has 1 atom stereocenters. The van der Waals surface area contributed by atoms with Crippen LogP contribution in [-0.4, -0.2) is 30.1 Å². The second kappa shape index (κ2) is 5.35. The maximum absolute atomic E-state index is 11.8. The van der Waals surface area contributed by atoms with E-state index in [1.54, 1.807) is 0 Å². The van der Waals surface area contributed by atoms with Crippen LogP contribution < -0.4 is 5.32 Å². The van der Waals surface area contributed by atoms with Crippen LogP contribution >= 0.6 is 0 Å². The lowest BCUT2D eigenvalue weighted by molar-refractivity contribution is -0.129. The van der Waals surface area contributed by atoms with Crippen molar-refractivity contribution in [2.24, 2.45) is 5.92 Å². The normalized spacial score (nSPS) is 22.4. The SMILES string of the molecule is CCCCN1CNC(CC(C)C)C1=O. The predicted molar refractivity (Wildman–Crippen MR) is 57.9 cm³/mol. The minimum absolute atomic E-state index is 0.0758. The van der Waals surface area contributed by atoms with Gasteiger partial charge in [0.25, 0.3) is 0 Å². The molecule has 14 heavy (non-hydrogen) atoms. The molecule has 0 radical (unpaired) electrons. The highest BCUT2D eigenvalue weighted by Gasteiger charge is 2.30. The molecule has 0 aromatic heterocycles. The fourth-order valence-corrected chi connectivity index (χ4v) is 1.80. The van der Waals surface area contributed by atoms with Crippen LogP contribution in [0.25, 0.3) is 0 Å². The molecule has 1 aliphatic rings. The molecule has 82 valence electrons. The Balaban J connectivity index is 2.35. The summed E-state index contributed by atoms with van der Waals surface area (Å²) in [5.41, 5.74) is 0. The van der Waals surface area contributed by atoms with Crippen molar-refractivity contribution in [3.05, 3.63) is 0 Å². The molecule has 1 aliphatic heterocycles. The van der Waals surface area contributed by atoms with Crippen molar-refractivity contribution in [3.63, 3.8) is 0 Å². The molecule has 1 rings (SSSR count). The summed E-state index contributed by atoms with van der Waals surface area (Å²) in [5.74, 6) is 0.884. The number of hydrogen-bond donors (Lipinski definition) is 1. The van der Waals surface area contributed by atoms with Gasteiger partial charge in [0.15, 0.2) is 0 Å². The molecule has 1 saturated heterocycles. The molecular weight excluding hydrogens is 176 g/mol. The second-order valence-electron chi connectivity index (χ2n) is 4.50. The van der Waals surface area contributed by atoms with Crippen molar-refractivity contribution in [2.75, 3.05) is 13.2 Å². The van der Waals surface area contributed by atoms with Crippen molar-refractivity contribution in [2.45, 2.75) is 46.1 Å². The molecule has 0 aliphatic carbocycles. The number of hydrogen-bond acceptors (Lipinski definition) is 2. The van der Waals surface area contributed by atoms with Gasteiger partial charge in [-0.15, -0.1) is 0 Å². The summed E-state index contributed by atoms with van der Waals surface area (Å²) in [4.78, 5) is 13.8. The predicted octanol–water partition coefficient (Wildman–Crippen LogP) is 1.59. The van der Waals surface area contributed by atoms with Gasteiger partial charge >= 0.3 is 0 Å². The smallest absolute Gasteiger partial charge is 0.240 e. The van der Waals surface area contributed by atoms with Crippen LogP contribution in [0.2, 0.25) is 0 Å². The highest BCUT2D eigenvalue weighted by Crippen LogP contribution is 2.12. The third-order valence-electron chi connectivity index (χ3n) is 2.63. The average molecular weight is 198 g/mol. The summed E-state index contributed by atoms with van der Waals surface area (Å²) in [6.07, 6.45) is 3.22. The summed E-state index contributed by atoms with van der Waals surface area (Å²) in [7, 11) is 0. The molecule has 1 unspecified atom stereocenters. The zero-order chi connectivity index (χ0) is 10.6. The number of rotatable bonds is 5. The number of amides is 1. The Labute approximate surface area is 86.9 Å². The second-order valence-corrected chi connectivity index (χ2v) is 4.50. The molecule has 3 heteroatoms. The van der Waals surface area contributed by atoms with Gasteiger partial charge in [-0.3, -0.25) is 10.1 Å². The number of carbonyl (C=O) groups is 1. The number of unbranched alkanes of at least 4 members (excludes halogenated alkanes) is 1. The highest BCUT2D eigenvalue weighted by molar-refractivity contribution is 5.83. The maximum Gasteiger partial charge on any atom is 0.240 e. The van der Waals surface area contributed by atoms with Crippen LogP contribution in [0, 0.1) is 5.92 Å². The summed E-state index contributed by atoms with van der Waals surface area (Å²) >= 11 is 0. The van der Waals surface area contributed by atoms with Crippen LogP contribution in [0.4, 0.5) is 0 Å². The minimum atomic E-state index is 0.0758. The van der Waals surface area contributed by atoms with Gasteiger partial charge in [0.1, 0.15) is 0 Å². The molecule has 0 saturated carbocycles. The van der Waals surface area contributed by atoms with Crippen LogP contribution in [0.15, 0.2) is 0 Å². The van der Waals surface area contributed by atoms with Crippen LogP contribution in [0.3, 0.4) is 0 Å². The van der Waals surface area contributed by atoms with Gasteiger partial charge in [0.2, 0.25) is 5.91 Å². The lowest BCUT2D eigenvalue weighted by atomic mass is 10.0. The van der Waals surface area contributed by atoms with E-state index < -0.39 is 0 Å². The molecule has 1 fully saturated rings. The lowest BCUT2D eigenvalue weighted by Gasteiger charge is -2.15. The van der Waals surface area contributed by atoms with Crippen molar-refractivity contribution in [1.29, 1.82) is 0 Å². The molecule has 1 N–H and O–H groups in total. The quantitative estimate of drug-likeness (QED) is 0.727. The van der Waals surface area contributed by atoms with E-state index in [9.17, 15) is 4.79 Å². The Hall–Kier alpha value is -0.570. The van der Waals surface area contributed by atoms with Gasteiger partial charge in [0, 0.05) is 6.54 Å². The first-order valence-electron chi connectivity index (χ1n) is 5.67. The molecule has 1 heterocycles. The Bertz CT molecular complexity index is 192. The first-order chi connectivity index (χ1) is 6.65. The molecule has 3 nitrogen and oxygen atoms in total. The van der Waals surface area contributed by atoms with E-state index in [-0.39, 0.29) is 6.04 Å². The molecule has 0 spiro atoms. The highest BCUT2D eigenvalue weighted by atomic mass is 16.2. The number of nitrogens with one attached hydrogen (secondary N) is 1. The average Bonchev–Trinajstić information content (AvgIpc) is 2.45. The van der Waals surface area contributed by atoms with Crippen molar-refractivity contribution in [3.8, 4) is 0 Å². The molecule has 1 amide bonds. The zero-order valence-corrected chi connectivity index (χ0v) is 9.55. The Morgan fingerprint density at radius 2 is 2.29 bits per heavy atom. The van der Waals surface area contributed by atoms with Gasteiger partial charge in [-0.25, -0.2) is 0 Å². The van der Waals surface area contributed by atoms with Crippen molar-refractivity contribution in [1.82, 2.24) is 10.2 Å². The number of carbonyl (C=O) groups excluding carboxylic acids is 1. The molecular formula is C11H22N2O. The fraction of sp³-hybridized carbons (Fsp3) is 0.909. The summed E-state index contributed by atoms with van der Waals surface area (Å²) in [6.45, 7) is 8.13. The molecule has 0 aromatic rings.